The van der Waals surface area contributed by atoms with Crippen LogP contribution >= 0.6 is 11.3 Å². The van der Waals surface area contributed by atoms with Crippen molar-refractivity contribution in [1.82, 2.24) is 10.3 Å². The number of aromatic nitrogens is 1. The summed E-state index contributed by atoms with van der Waals surface area (Å²) >= 11 is 1.22. The second-order valence-electron chi connectivity index (χ2n) is 5.86. The lowest BCUT2D eigenvalue weighted by molar-refractivity contribution is -0.123. The summed E-state index contributed by atoms with van der Waals surface area (Å²) in [6.07, 6.45) is 0.673. The van der Waals surface area contributed by atoms with Gasteiger partial charge in [-0.15, -0.1) is 11.3 Å². The molecule has 7 heteroatoms. The number of thiophene rings is 1. The predicted molar refractivity (Wildman–Crippen MR) is 103 cm³/mol. The molecule has 2 heterocycles. The third kappa shape index (κ3) is 4.03. The molecule has 3 rings (SSSR count). The SMILES string of the molecule is CCc1nc2ccccc2c(C(=O)OCC(=O)NC(=O)c2cccs2)c1C. The fourth-order valence-corrected chi connectivity index (χ4v) is 3.42. The zero-order chi connectivity index (χ0) is 19.4. The minimum atomic E-state index is -0.673. The maximum atomic E-state index is 12.7. The Balaban J connectivity index is 1.75. The van der Waals surface area contributed by atoms with E-state index >= 15 is 0 Å². The fraction of sp³-hybridized carbons (Fsp3) is 0.200. The number of nitrogens with zero attached hydrogens (tertiary/aromatic N) is 1. The highest BCUT2D eigenvalue weighted by Gasteiger charge is 2.20. The van der Waals surface area contributed by atoms with Crippen LogP contribution in [0, 0.1) is 6.92 Å². The second-order valence-corrected chi connectivity index (χ2v) is 6.81. The molecule has 0 radical (unpaired) electrons. The summed E-state index contributed by atoms with van der Waals surface area (Å²) in [6.45, 7) is 3.24. The predicted octanol–water partition coefficient (Wildman–Crippen LogP) is 3.28. The average Bonchev–Trinajstić information content (AvgIpc) is 3.20. The lowest BCUT2D eigenvalue weighted by Crippen LogP contribution is -2.33. The molecule has 6 nitrogen and oxygen atoms in total. The van der Waals surface area contributed by atoms with Crippen molar-refractivity contribution >= 4 is 40.0 Å². The van der Waals surface area contributed by atoms with Gasteiger partial charge in [0.1, 0.15) is 0 Å². The molecule has 0 aliphatic carbocycles. The Kier molecular flexibility index (Phi) is 5.61. The first-order chi connectivity index (χ1) is 13.0. The number of pyridine rings is 1. The average molecular weight is 382 g/mol. The summed E-state index contributed by atoms with van der Waals surface area (Å²) < 4.78 is 5.17. The standard InChI is InChI=1S/C20H18N2O4S/c1-3-14-12(2)18(13-7-4-5-8-15(13)21-14)20(25)26-11-17(23)22-19(24)16-9-6-10-27-16/h4-10H,3,11H2,1-2H3,(H,22,23,24). The van der Waals surface area contributed by atoms with Gasteiger partial charge in [-0.05, 0) is 36.4 Å². The molecular weight excluding hydrogens is 364 g/mol. The monoisotopic (exact) mass is 382 g/mol. The van der Waals surface area contributed by atoms with E-state index < -0.39 is 24.4 Å². The third-order valence-corrected chi connectivity index (χ3v) is 4.98. The molecule has 0 spiro atoms. The number of ether oxygens (including phenoxy) is 1. The summed E-state index contributed by atoms with van der Waals surface area (Å²) in [5, 5.41) is 4.62. The van der Waals surface area contributed by atoms with Gasteiger partial charge < -0.3 is 4.74 Å². The van der Waals surface area contributed by atoms with Crippen LogP contribution in [0.2, 0.25) is 0 Å². The van der Waals surface area contributed by atoms with Gasteiger partial charge >= 0.3 is 5.97 Å². The van der Waals surface area contributed by atoms with Crippen molar-refractivity contribution in [3.05, 3.63) is 63.5 Å². The normalized spacial score (nSPS) is 10.6. The van der Waals surface area contributed by atoms with E-state index in [1.54, 1.807) is 23.6 Å². The van der Waals surface area contributed by atoms with E-state index in [0.29, 0.717) is 27.8 Å². The van der Waals surface area contributed by atoms with Crippen LogP contribution in [0.5, 0.6) is 0 Å². The van der Waals surface area contributed by atoms with Crippen molar-refractivity contribution in [2.24, 2.45) is 0 Å². The zero-order valence-electron chi connectivity index (χ0n) is 14.9. The maximum Gasteiger partial charge on any atom is 0.339 e. The van der Waals surface area contributed by atoms with Gasteiger partial charge in [-0.3, -0.25) is 19.9 Å². The van der Waals surface area contributed by atoms with E-state index in [4.69, 9.17) is 4.74 Å². The molecule has 1 N–H and O–H groups in total. The Morgan fingerprint density at radius 2 is 1.93 bits per heavy atom. The van der Waals surface area contributed by atoms with Crippen LogP contribution in [0.15, 0.2) is 41.8 Å². The number of fused-ring (bicyclic) bond motifs is 1. The molecule has 0 aliphatic rings. The van der Waals surface area contributed by atoms with Crippen LogP contribution in [0.1, 0.15) is 38.2 Å². The molecule has 27 heavy (non-hydrogen) atoms. The number of hydrogen-bond donors (Lipinski definition) is 1. The molecule has 0 fully saturated rings. The number of carbonyl (C=O) groups is 3. The molecule has 2 amide bonds. The van der Waals surface area contributed by atoms with E-state index in [1.165, 1.54) is 11.3 Å². The molecule has 0 atom stereocenters. The third-order valence-electron chi connectivity index (χ3n) is 4.11. The number of nitrogens with one attached hydrogen (secondary N) is 1. The first-order valence-corrected chi connectivity index (χ1v) is 9.32. The van der Waals surface area contributed by atoms with Gasteiger partial charge in [0.15, 0.2) is 6.61 Å². The highest BCUT2D eigenvalue weighted by molar-refractivity contribution is 7.12. The van der Waals surface area contributed by atoms with Crippen molar-refractivity contribution in [3.8, 4) is 0 Å². The van der Waals surface area contributed by atoms with Gasteiger partial charge in [-0.1, -0.05) is 31.2 Å². The van der Waals surface area contributed by atoms with E-state index in [9.17, 15) is 14.4 Å². The molecule has 0 unspecified atom stereocenters. The molecule has 1 aromatic carbocycles. The van der Waals surface area contributed by atoms with Crippen molar-refractivity contribution in [3.63, 3.8) is 0 Å². The smallest absolute Gasteiger partial charge is 0.339 e. The lowest BCUT2D eigenvalue weighted by atomic mass is 10.0. The molecule has 0 saturated carbocycles. The van der Waals surface area contributed by atoms with Crippen LogP contribution in [-0.2, 0) is 16.0 Å². The van der Waals surface area contributed by atoms with Gasteiger partial charge in [0.2, 0.25) is 0 Å². The number of amides is 2. The second kappa shape index (κ2) is 8.09. The summed E-state index contributed by atoms with van der Waals surface area (Å²) in [6, 6.07) is 10.6. The summed E-state index contributed by atoms with van der Waals surface area (Å²) in [5.41, 5.74) is 2.63. The Hall–Kier alpha value is -3.06. The van der Waals surface area contributed by atoms with Crippen molar-refractivity contribution < 1.29 is 19.1 Å². The zero-order valence-corrected chi connectivity index (χ0v) is 15.8. The van der Waals surface area contributed by atoms with Crippen molar-refractivity contribution in [1.29, 1.82) is 0 Å². The summed E-state index contributed by atoms with van der Waals surface area (Å²) in [5.74, 6) is -1.79. The number of aryl methyl sites for hydroxylation is 1. The van der Waals surface area contributed by atoms with Gasteiger partial charge in [-0.25, -0.2) is 4.79 Å². The Morgan fingerprint density at radius 3 is 2.63 bits per heavy atom. The molecule has 0 aliphatic heterocycles. The molecular formula is C20H18N2O4S. The highest BCUT2D eigenvalue weighted by atomic mass is 32.1. The van der Waals surface area contributed by atoms with Crippen molar-refractivity contribution in [2.75, 3.05) is 6.61 Å². The van der Waals surface area contributed by atoms with Crippen LogP contribution in [0.4, 0.5) is 0 Å². The first-order valence-electron chi connectivity index (χ1n) is 8.44. The van der Waals surface area contributed by atoms with Crippen molar-refractivity contribution in [2.45, 2.75) is 20.3 Å². The van der Waals surface area contributed by atoms with Crippen LogP contribution in [-0.4, -0.2) is 29.4 Å². The minimum Gasteiger partial charge on any atom is -0.452 e. The molecule has 0 bridgehead atoms. The molecule has 138 valence electrons. The Morgan fingerprint density at radius 1 is 1.15 bits per heavy atom. The van der Waals surface area contributed by atoms with Gasteiger partial charge in [0.05, 0.1) is 16.0 Å². The van der Waals surface area contributed by atoms with E-state index in [1.807, 2.05) is 32.0 Å². The molecule has 2 aromatic heterocycles. The quantitative estimate of drug-likeness (QED) is 0.685. The number of hydrogen-bond acceptors (Lipinski definition) is 6. The fourth-order valence-electron chi connectivity index (χ4n) is 2.80. The number of para-hydroxylation sites is 1. The number of esters is 1. The Labute approximate surface area is 160 Å². The number of imide groups is 1. The summed E-state index contributed by atoms with van der Waals surface area (Å²) in [4.78, 5) is 41.4. The van der Waals surface area contributed by atoms with Crippen LogP contribution in [0.25, 0.3) is 10.9 Å². The topological polar surface area (TPSA) is 85.4 Å². The summed E-state index contributed by atoms with van der Waals surface area (Å²) in [7, 11) is 0. The Bertz CT molecular complexity index is 1010. The minimum absolute atomic E-state index is 0.398. The van der Waals surface area contributed by atoms with Crippen LogP contribution in [0.3, 0.4) is 0 Å². The van der Waals surface area contributed by atoms with Crippen LogP contribution < -0.4 is 5.32 Å². The number of rotatable bonds is 5. The molecule has 3 aromatic rings. The molecule has 0 saturated heterocycles. The lowest BCUT2D eigenvalue weighted by Gasteiger charge is -2.13. The van der Waals surface area contributed by atoms with E-state index in [2.05, 4.69) is 10.3 Å². The van der Waals surface area contributed by atoms with Gasteiger partial charge in [-0.2, -0.15) is 0 Å². The largest absolute Gasteiger partial charge is 0.452 e. The van der Waals surface area contributed by atoms with E-state index in [-0.39, 0.29) is 0 Å². The first kappa shape index (κ1) is 18.7. The van der Waals surface area contributed by atoms with Gasteiger partial charge in [0.25, 0.3) is 11.8 Å². The number of carbonyl (C=O) groups excluding carboxylic acids is 3. The highest BCUT2D eigenvalue weighted by Crippen LogP contribution is 2.24. The van der Waals surface area contributed by atoms with Gasteiger partial charge in [0, 0.05) is 11.1 Å². The maximum absolute atomic E-state index is 12.7. The van der Waals surface area contributed by atoms with E-state index in [0.717, 1.165) is 11.3 Å². The number of benzene rings is 1.